The Morgan fingerprint density at radius 3 is 1.27 bits per heavy atom. The molecule has 4 aromatic rings. The van der Waals surface area contributed by atoms with Crippen molar-refractivity contribution in [3.63, 3.8) is 0 Å². The minimum absolute atomic E-state index is 0.162. The van der Waals surface area contributed by atoms with Crippen molar-refractivity contribution in [2.75, 3.05) is 6.61 Å². The third-order valence-corrected chi connectivity index (χ3v) is 12.1. The second-order valence-corrected chi connectivity index (χ2v) is 15.7. The molecule has 0 spiro atoms. The highest BCUT2D eigenvalue weighted by molar-refractivity contribution is 5.93. The number of hydrogen-bond acceptors (Lipinski definition) is 9. The molecule has 8 atom stereocenters. The van der Waals surface area contributed by atoms with Crippen molar-refractivity contribution in [2.45, 2.75) is 102 Å². The molecule has 1 heterocycles. The molecule has 1 saturated heterocycles. The fourth-order valence-corrected chi connectivity index (χ4v) is 8.37. The van der Waals surface area contributed by atoms with E-state index in [1.807, 2.05) is 142 Å². The Morgan fingerprint density at radius 2 is 0.946 bits per heavy atom. The van der Waals surface area contributed by atoms with Crippen molar-refractivity contribution >= 4 is 11.9 Å². The SMILES string of the molecule is C=CCO[C@@H]1[C@H](OCc2ccccc2)[C@H](OCc2ccccc2)[C@@H](OCc2ccccc2)[C@H](OC(=O)[C@@]23CC[C@@](C)(C(=O)O2)C3(C)C)[C@H]1OCc1ccccc1. The summed E-state index contributed by atoms with van der Waals surface area (Å²) in [5.41, 5.74) is 0.573. The van der Waals surface area contributed by atoms with Crippen LogP contribution in [0.4, 0.5) is 0 Å². The molecule has 0 N–H and O–H groups in total. The molecule has 0 amide bonds. The van der Waals surface area contributed by atoms with Gasteiger partial charge in [-0.15, -0.1) is 6.58 Å². The van der Waals surface area contributed by atoms with Gasteiger partial charge in [-0.2, -0.15) is 0 Å². The van der Waals surface area contributed by atoms with Crippen LogP contribution >= 0.6 is 0 Å². The molecule has 2 aliphatic carbocycles. The zero-order valence-electron chi connectivity index (χ0n) is 32.4. The monoisotopic (exact) mass is 760 g/mol. The Bertz CT molecular complexity index is 1900. The Morgan fingerprint density at radius 1 is 0.589 bits per heavy atom. The van der Waals surface area contributed by atoms with Crippen LogP contribution in [0, 0.1) is 10.8 Å². The van der Waals surface area contributed by atoms with E-state index in [1.54, 1.807) is 6.08 Å². The summed E-state index contributed by atoms with van der Waals surface area (Å²) in [5, 5.41) is 0. The standard InChI is InChI=1S/C47H52O9/c1-5-28-50-37-38(51-29-33-18-10-6-11-19-33)39(52-30-34-20-12-7-13-21-34)41(54-32-36-24-16-9-17-25-36)42(40(37)53-31-35-22-14-8-15-23-35)55-44(49)47-27-26-46(4,43(48)56-47)45(47,2)3/h5-25,37-42H,1,26-32H2,2-4H3/t37-,38+,39+,40+,41-,42-,46+,47-/m1/s1. The maximum absolute atomic E-state index is 14.9. The van der Waals surface area contributed by atoms with E-state index in [-0.39, 0.29) is 33.0 Å². The fraction of sp³-hybridized carbons (Fsp3) is 0.404. The zero-order chi connectivity index (χ0) is 39.2. The van der Waals surface area contributed by atoms with E-state index in [1.165, 1.54) is 0 Å². The number of benzene rings is 4. The average molecular weight is 761 g/mol. The highest BCUT2D eigenvalue weighted by Crippen LogP contribution is 2.66. The van der Waals surface area contributed by atoms with Crippen LogP contribution in [0.1, 0.15) is 55.9 Å². The molecule has 0 aromatic heterocycles. The van der Waals surface area contributed by atoms with Crippen molar-refractivity contribution in [2.24, 2.45) is 10.8 Å². The van der Waals surface area contributed by atoms with Crippen LogP contribution in [0.15, 0.2) is 134 Å². The zero-order valence-corrected chi connectivity index (χ0v) is 32.4. The van der Waals surface area contributed by atoms with Gasteiger partial charge in [0.25, 0.3) is 0 Å². The van der Waals surface area contributed by atoms with Crippen LogP contribution in [0.2, 0.25) is 0 Å². The van der Waals surface area contributed by atoms with E-state index in [9.17, 15) is 9.59 Å². The summed E-state index contributed by atoms with van der Waals surface area (Å²) in [6.07, 6.45) is -2.81. The molecule has 294 valence electrons. The summed E-state index contributed by atoms with van der Waals surface area (Å²) >= 11 is 0. The molecular formula is C47H52O9. The molecule has 56 heavy (non-hydrogen) atoms. The number of hydrogen-bond donors (Lipinski definition) is 0. The van der Waals surface area contributed by atoms with Gasteiger partial charge in [0.1, 0.15) is 30.5 Å². The lowest BCUT2D eigenvalue weighted by molar-refractivity contribution is -0.286. The predicted molar refractivity (Wildman–Crippen MR) is 210 cm³/mol. The maximum atomic E-state index is 14.9. The Kier molecular flexibility index (Phi) is 12.2. The van der Waals surface area contributed by atoms with Crippen molar-refractivity contribution < 1.29 is 42.7 Å². The number of rotatable bonds is 17. The third kappa shape index (κ3) is 7.84. The highest BCUT2D eigenvalue weighted by Gasteiger charge is 2.77. The van der Waals surface area contributed by atoms with Crippen LogP contribution in [0.3, 0.4) is 0 Å². The van der Waals surface area contributed by atoms with Gasteiger partial charge in [0.05, 0.1) is 38.4 Å². The summed E-state index contributed by atoms with van der Waals surface area (Å²) in [6, 6.07) is 39.3. The smallest absolute Gasteiger partial charge is 0.351 e. The number of carbonyl (C=O) groups excluding carboxylic acids is 2. The van der Waals surface area contributed by atoms with Crippen molar-refractivity contribution in [1.29, 1.82) is 0 Å². The Balaban J connectivity index is 1.33. The lowest BCUT2D eigenvalue weighted by Gasteiger charge is -2.50. The van der Waals surface area contributed by atoms with Crippen LogP contribution in [-0.4, -0.2) is 60.8 Å². The quantitative estimate of drug-likeness (QED) is 0.0785. The first-order valence-corrected chi connectivity index (χ1v) is 19.5. The maximum Gasteiger partial charge on any atom is 0.351 e. The summed E-state index contributed by atoms with van der Waals surface area (Å²) in [6.45, 7) is 10.6. The summed E-state index contributed by atoms with van der Waals surface area (Å²) in [4.78, 5) is 28.2. The van der Waals surface area contributed by atoms with Crippen molar-refractivity contribution in [3.05, 3.63) is 156 Å². The van der Waals surface area contributed by atoms with E-state index >= 15 is 0 Å². The van der Waals surface area contributed by atoms with E-state index in [0.717, 1.165) is 22.3 Å². The molecule has 4 aromatic carbocycles. The van der Waals surface area contributed by atoms with Gasteiger partial charge < -0.3 is 33.2 Å². The van der Waals surface area contributed by atoms with Crippen molar-refractivity contribution in [3.8, 4) is 0 Å². The van der Waals surface area contributed by atoms with E-state index in [2.05, 4.69) is 6.58 Å². The van der Waals surface area contributed by atoms with Crippen molar-refractivity contribution in [1.82, 2.24) is 0 Å². The molecule has 9 nitrogen and oxygen atoms in total. The van der Waals surface area contributed by atoms with Gasteiger partial charge in [0, 0.05) is 5.41 Å². The van der Waals surface area contributed by atoms with E-state index in [4.69, 9.17) is 33.2 Å². The molecule has 0 radical (unpaired) electrons. The molecule has 1 aliphatic heterocycles. The number of fused-ring (bicyclic) bond motifs is 2. The van der Waals surface area contributed by atoms with Gasteiger partial charge in [-0.3, -0.25) is 4.79 Å². The van der Waals surface area contributed by atoms with Crippen LogP contribution in [-0.2, 0) is 69.2 Å². The largest absolute Gasteiger partial charge is 0.454 e. The summed E-state index contributed by atoms with van der Waals surface area (Å²) < 4.78 is 46.8. The molecule has 0 unspecified atom stereocenters. The molecular weight excluding hydrogens is 709 g/mol. The number of carbonyl (C=O) groups is 2. The normalized spacial score (nSPS) is 29.1. The minimum atomic E-state index is -1.49. The second kappa shape index (κ2) is 17.2. The predicted octanol–water partition coefficient (Wildman–Crippen LogP) is 7.95. The topological polar surface area (TPSA) is 98.8 Å². The first kappa shape index (κ1) is 39.6. The number of ether oxygens (including phenoxy) is 7. The molecule has 2 bridgehead atoms. The van der Waals surface area contributed by atoms with Gasteiger partial charge in [-0.25, -0.2) is 4.79 Å². The van der Waals surface area contributed by atoms with Crippen LogP contribution in [0.25, 0.3) is 0 Å². The first-order chi connectivity index (χ1) is 27.2. The van der Waals surface area contributed by atoms with E-state index in [0.29, 0.717) is 12.8 Å². The van der Waals surface area contributed by atoms with Crippen LogP contribution < -0.4 is 0 Å². The molecule has 9 heteroatoms. The van der Waals surface area contributed by atoms with Gasteiger partial charge in [0.15, 0.2) is 6.10 Å². The van der Waals surface area contributed by atoms with Gasteiger partial charge in [-0.05, 0) is 42.0 Å². The summed E-state index contributed by atoms with van der Waals surface area (Å²) in [7, 11) is 0. The average Bonchev–Trinajstić information content (AvgIpc) is 3.52. The highest BCUT2D eigenvalue weighted by atomic mass is 16.7. The fourth-order valence-electron chi connectivity index (χ4n) is 8.37. The lowest BCUT2D eigenvalue weighted by atomic mass is 9.66. The van der Waals surface area contributed by atoms with E-state index < -0.39 is 65.0 Å². The molecule has 7 rings (SSSR count). The van der Waals surface area contributed by atoms with Gasteiger partial charge in [-0.1, -0.05) is 141 Å². The molecule has 3 fully saturated rings. The Hall–Kier alpha value is -4.64. The van der Waals surface area contributed by atoms with Gasteiger partial charge >= 0.3 is 11.9 Å². The third-order valence-electron chi connectivity index (χ3n) is 12.1. The Labute approximate surface area is 329 Å². The molecule has 3 aliphatic rings. The molecule has 2 saturated carbocycles. The minimum Gasteiger partial charge on any atom is -0.454 e. The first-order valence-electron chi connectivity index (χ1n) is 19.5. The van der Waals surface area contributed by atoms with Gasteiger partial charge in [0.2, 0.25) is 5.60 Å². The summed E-state index contributed by atoms with van der Waals surface area (Å²) in [5.74, 6) is -1.04. The lowest BCUT2D eigenvalue weighted by Crippen LogP contribution is -2.68. The van der Waals surface area contributed by atoms with Crippen LogP contribution in [0.5, 0.6) is 0 Å². The second-order valence-electron chi connectivity index (χ2n) is 15.7. The number of esters is 2.